The summed E-state index contributed by atoms with van der Waals surface area (Å²) >= 11 is 1.33. The smallest absolute Gasteiger partial charge is 0.237 e. The molecule has 1 aliphatic heterocycles. The molecular weight excluding hydrogens is 374 g/mol. The van der Waals surface area contributed by atoms with Gasteiger partial charge in [-0.3, -0.25) is 4.79 Å². The molecule has 1 aliphatic carbocycles. The number of hydrogen-bond donors (Lipinski definition) is 1. The SMILES string of the molecule is CC(Sc1nc2c(cc1C#N)CCCCC2)C(=O)Nc1ccc2c(c1)OCO2. The van der Waals surface area contributed by atoms with Crippen LogP contribution >= 0.6 is 11.8 Å². The minimum Gasteiger partial charge on any atom is -0.454 e. The summed E-state index contributed by atoms with van der Waals surface area (Å²) in [6.07, 6.45) is 5.36. The Hall–Kier alpha value is -2.72. The van der Waals surface area contributed by atoms with Crippen LogP contribution in [0.1, 0.15) is 43.0 Å². The first-order valence-corrected chi connectivity index (χ1v) is 10.3. The van der Waals surface area contributed by atoms with Crippen molar-refractivity contribution in [3.8, 4) is 17.6 Å². The Balaban J connectivity index is 1.48. The van der Waals surface area contributed by atoms with Crippen LogP contribution in [0.3, 0.4) is 0 Å². The Kier molecular flexibility index (Phi) is 5.40. The van der Waals surface area contributed by atoms with E-state index >= 15 is 0 Å². The van der Waals surface area contributed by atoms with Gasteiger partial charge in [-0.15, -0.1) is 0 Å². The molecule has 4 rings (SSSR count). The van der Waals surface area contributed by atoms with Gasteiger partial charge in [-0.2, -0.15) is 5.26 Å². The highest BCUT2D eigenvalue weighted by atomic mass is 32.2. The standard InChI is InChI=1S/C21H21N3O3S/c1-13(20(25)23-16-7-8-18-19(10-16)27-12-26-18)28-21-15(11-22)9-14-5-3-2-4-6-17(14)24-21/h7-10,13H,2-6,12H2,1H3,(H,23,25). The number of rotatable bonds is 4. The highest BCUT2D eigenvalue weighted by Gasteiger charge is 2.21. The van der Waals surface area contributed by atoms with E-state index < -0.39 is 5.25 Å². The topological polar surface area (TPSA) is 84.2 Å². The zero-order valence-electron chi connectivity index (χ0n) is 15.7. The predicted octanol–water partition coefficient (Wildman–Crippen LogP) is 4.07. The lowest BCUT2D eigenvalue weighted by Crippen LogP contribution is -2.22. The zero-order valence-corrected chi connectivity index (χ0v) is 16.5. The first-order chi connectivity index (χ1) is 13.6. The minimum absolute atomic E-state index is 0.149. The molecule has 2 aromatic rings. The maximum Gasteiger partial charge on any atom is 0.237 e. The number of aryl methyl sites for hydroxylation is 2. The third kappa shape index (κ3) is 3.92. The number of nitriles is 1. The molecule has 0 radical (unpaired) electrons. The fourth-order valence-corrected chi connectivity index (χ4v) is 4.30. The van der Waals surface area contributed by atoms with Gasteiger partial charge >= 0.3 is 0 Å². The Labute approximate surface area is 168 Å². The maximum atomic E-state index is 12.6. The summed E-state index contributed by atoms with van der Waals surface area (Å²) in [6.45, 7) is 2.02. The van der Waals surface area contributed by atoms with Crippen molar-refractivity contribution in [1.82, 2.24) is 4.98 Å². The lowest BCUT2D eigenvalue weighted by atomic mass is 10.1. The van der Waals surface area contributed by atoms with E-state index in [1.165, 1.54) is 23.7 Å². The number of thioether (sulfide) groups is 1. The van der Waals surface area contributed by atoms with Crippen LogP contribution in [0.5, 0.6) is 11.5 Å². The van der Waals surface area contributed by atoms with Gasteiger partial charge < -0.3 is 14.8 Å². The van der Waals surface area contributed by atoms with Crippen LogP contribution in [0.2, 0.25) is 0 Å². The number of fused-ring (bicyclic) bond motifs is 2. The summed E-state index contributed by atoms with van der Waals surface area (Å²) in [5.41, 5.74) is 3.45. The lowest BCUT2D eigenvalue weighted by Gasteiger charge is -2.14. The van der Waals surface area contributed by atoms with Crippen LogP contribution in [0.15, 0.2) is 29.3 Å². The van der Waals surface area contributed by atoms with E-state index in [9.17, 15) is 10.1 Å². The number of pyridine rings is 1. The second kappa shape index (κ2) is 8.11. The summed E-state index contributed by atoms with van der Waals surface area (Å²) in [5, 5.41) is 12.7. The molecule has 0 fully saturated rings. The Morgan fingerprint density at radius 2 is 2.04 bits per heavy atom. The van der Waals surface area contributed by atoms with E-state index in [0.717, 1.165) is 31.4 Å². The van der Waals surface area contributed by atoms with E-state index in [2.05, 4.69) is 11.4 Å². The third-order valence-electron chi connectivity index (χ3n) is 4.93. The second-order valence-corrected chi connectivity index (χ2v) is 8.27. The molecule has 0 bridgehead atoms. The van der Waals surface area contributed by atoms with Crippen LogP contribution in [0.25, 0.3) is 0 Å². The molecule has 1 atom stereocenters. The van der Waals surface area contributed by atoms with Crippen molar-refractivity contribution < 1.29 is 14.3 Å². The molecule has 1 aromatic carbocycles. The number of benzene rings is 1. The second-order valence-electron chi connectivity index (χ2n) is 6.94. The first-order valence-electron chi connectivity index (χ1n) is 9.44. The maximum absolute atomic E-state index is 12.6. The number of ether oxygens (including phenoxy) is 2. The number of amides is 1. The van der Waals surface area contributed by atoms with Gasteiger partial charge in [-0.25, -0.2) is 4.98 Å². The van der Waals surface area contributed by atoms with E-state index in [-0.39, 0.29) is 12.7 Å². The molecule has 0 saturated heterocycles. The van der Waals surface area contributed by atoms with Gasteiger partial charge in [-0.05, 0) is 56.4 Å². The van der Waals surface area contributed by atoms with Crippen molar-refractivity contribution in [3.05, 3.63) is 41.1 Å². The van der Waals surface area contributed by atoms with E-state index in [1.807, 2.05) is 13.0 Å². The summed E-state index contributed by atoms with van der Waals surface area (Å²) in [5.74, 6) is 1.15. The molecular formula is C21H21N3O3S. The number of hydrogen-bond acceptors (Lipinski definition) is 6. The normalized spacial score (nSPS) is 15.9. The number of carbonyl (C=O) groups excluding carboxylic acids is 1. The minimum atomic E-state index is -0.395. The van der Waals surface area contributed by atoms with Crippen molar-refractivity contribution in [1.29, 1.82) is 5.26 Å². The van der Waals surface area contributed by atoms with Crippen molar-refractivity contribution in [3.63, 3.8) is 0 Å². The van der Waals surface area contributed by atoms with E-state index in [0.29, 0.717) is 27.8 Å². The summed E-state index contributed by atoms with van der Waals surface area (Å²) < 4.78 is 10.6. The largest absolute Gasteiger partial charge is 0.454 e. The molecule has 2 aliphatic rings. The highest BCUT2D eigenvalue weighted by Crippen LogP contribution is 2.35. The molecule has 2 heterocycles. The van der Waals surface area contributed by atoms with Crippen molar-refractivity contribution in [2.24, 2.45) is 0 Å². The Morgan fingerprint density at radius 1 is 1.21 bits per heavy atom. The molecule has 7 heteroatoms. The zero-order chi connectivity index (χ0) is 19.5. The monoisotopic (exact) mass is 395 g/mol. The third-order valence-corrected chi connectivity index (χ3v) is 6.04. The van der Waals surface area contributed by atoms with Crippen LogP contribution in [0, 0.1) is 11.3 Å². The average Bonchev–Trinajstić information content (AvgIpc) is 3.04. The Bertz CT molecular complexity index is 955. The van der Waals surface area contributed by atoms with Crippen molar-refractivity contribution >= 4 is 23.4 Å². The fraction of sp³-hybridized carbons (Fsp3) is 0.381. The summed E-state index contributed by atoms with van der Waals surface area (Å²) in [7, 11) is 0. The molecule has 1 N–H and O–H groups in total. The van der Waals surface area contributed by atoms with Crippen molar-refractivity contribution in [2.75, 3.05) is 12.1 Å². The van der Waals surface area contributed by atoms with Gasteiger partial charge in [0.15, 0.2) is 11.5 Å². The average molecular weight is 395 g/mol. The van der Waals surface area contributed by atoms with Crippen molar-refractivity contribution in [2.45, 2.75) is 49.3 Å². The molecule has 6 nitrogen and oxygen atoms in total. The van der Waals surface area contributed by atoms with Gasteiger partial charge in [0.2, 0.25) is 12.7 Å². The predicted molar refractivity (Wildman–Crippen MR) is 107 cm³/mol. The number of nitrogens with zero attached hydrogens (tertiary/aromatic N) is 2. The molecule has 144 valence electrons. The van der Waals surface area contributed by atoms with Gasteiger partial charge in [-0.1, -0.05) is 18.2 Å². The molecule has 0 saturated carbocycles. The number of carbonyl (C=O) groups is 1. The quantitative estimate of drug-likeness (QED) is 0.621. The van der Waals surface area contributed by atoms with Gasteiger partial charge in [0.1, 0.15) is 11.1 Å². The summed E-state index contributed by atoms with van der Waals surface area (Å²) in [6, 6.07) is 9.51. The van der Waals surface area contributed by atoms with Crippen LogP contribution in [0.4, 0.5) is 5.69 Å². The van der Waals surface area contributed by atoms with E-state index in [4.69, 9.17) is 14.5 Å². The van der Waals surface area contributed by atoms with Gasteiger partial charge in [0.05, 0.1) is 10.8 Å². The number of aromatic nitrogens is 1. The Morgan fingerprint density at radius 3 is 2.89 bits per heavy atom. The van der Waals surface area contributed by atoms with Gasteiger partial charge in [0, 0.05) is 17.4 Å². The molecule has 0 spiro atoms. The fourth-order valence-electron chi connectivity index (χ4n) is 3.40. The summed E-state index contributed by atoms with van der Waals surface area (Å²) in [4.78, 5) is 17.4. The molecule has 1 unspecified atom stereocenters. The molecule has 1 amide bonds. The van der Waals surface area contributed by atoms with Gasteiger partial charge in [0.25, 0.3) is 0 Å². The molecule has 28 heavy (non-hydrogen) atoms. The number of nitrogens with one attached hydrogen (secondary N) is 1. The first kappa shape index (κ1) is 18.6. The van der Waals surface area contributed by atoms with Crippen LogP contribution in [-0.2, 0) is 17.6 Å². The van der Waals surface area contributed by atoms with Crippen LogP contribution in [-0.4, -0.2) is 22.9 Å². The number of anilines is 1. The lowest BCUT2D eigenvalue weighted by molar-refractivity contribution is -0.115. The van der Waals surface area contributed by atoms with E-state index in [1.54, 1.807) is 18.2 Å². The highest BCUT2D eigenvalue weighted by molar-refractivity contribution is 8.00. The van der Waals surface area contributed by atoms with Crippen LogP contribution < -0.4 is 14.8 Å². The molecule has 1 aromatic heterocycles.